The molecule has 1 aliphatic carbocycles. The van der Waals surface area contributed by atoms with E-state index in [0.717, 1.165) is 55.4 Å². The smallest absolute Gasteiger partial charge is 0.141 e. The van der Waals surface area contributed by atoms with Crippen LogP contribution < -0.4 is 9.80 Å². The number of fused-ring (bicyclic) bond motifs is 3. The molecule has 3 heterocycles. The van der Waals surface area contributed by atoms with E-state index in [1.807, 2.05) is 23.5 Å². The fraction of sp³-hybridized carbons (Fsp3) is 0.400. The maximum absolute atomic E-state index is 13.2. The molecule has 0 amide bonds. The summed E-state index contributed by atoms with van der Waals surface area (Å²) in [5.41, 5.74) is 2.58. The number of hydrogen-bond donors (Lipinski definition) is 0. The van der Waals surface area contributed by atoms with Crippen LogP contribution in [0.3, 0.4) is 0 Å². The number of nitrogens with zero attached hydrogens (tertiary/aromatic N) is 4. The van der Waals surface area contributed by atoms with Crippen molar-refractivity contribution < 1.29 is 4.39 Å². The minimum absolute atomic E-state index is 0.181. The van der Waals surface area contributed by atoms with Gasteiger partial charge in [-0.25, -0.2) is 14.4 Å². The number of benzene rings is 1. The predicted octanol–water partition coefficient (Wildman–Crippen LogP) is 4.04. The molecule has 0 spiro atoms. The summed E-state index contributed by atoms with van der Waals surface area (Å²) >= 11 is 1.84. The SMILES string of the molecule is Fc1ccc(N2CCCN(c3ncnc4sc5c(c34)CCC5)CC2)cc1. The van der Waals surface area contributed by atoms with E-state index in [1.165, 1.54) is 28.7 Å². The van der Waals surface area contributed by atoms with Crippen LogP contribution in [0.2, 0.25) is 0 Å². The van der Waals surface area contributed by atoms with Crippen molar-refractivity contribution in [3.05, 3.63) is 46.9 Å². The molecule has 0 radical (unpaired) electrons. The van der Waals surface area contributed by atoms with Gasteiger partial charge in [0.25, 0.3) is 0 Å². The molecular formula is C20H21FN4S. The monoisotopic (exact) mass is 368 g/mol. The Morgan fingerprint density at radius 1 is 0.885 bits per heavy atom. The van der Waals surface area contributed by atoms with Gasteiger partial charge in [-0.1, -0.05) is 0 Å². The zero-order valence-corrected chi connectivity index (χ0v) is 15.4. The second-order valence-electron chi connectivity index (χ2n) is 7.04. The summed E-state index contributed by atoms with van der Waals surface area (Å²) in [5, 5.41) is 1.29. The Morgan fingerprint density at radius 3 is 2.58 bits per heavy atom. The van der Waals surface area contributed by atoms with E-state index in [0.29, 0.717) is 0 Å². The molecule has 0 unspecified atom stereocenters. The van der Waals surface area contributed by atoms with Crippen molar-refractivity contribution in [1.29, 1.82) is 0 Å². The van der Waals surface area contributed by atoms with Crippen LogP contribution in [-0.4, -0.2) is 36.1 Å². The van der Waals surface area contributed by atoms with E-state index in [2.05, 4.69) is 19.8 Å². The highest BCUT2D eigenvalue weighted by atomic mass is 32.1. The normalized spacial score (nSPS) is 17.6. The molecule has 0 N–H and O–H groups in total. The highest BCUT2D eigenvalue weighted by molar-refractivity contribution is 7.19. The molecule has 134 valence electrons. The number of thiophene rings is 1. The second-order valence-corrected chi connectivity index (χ2v) is 8.12. The molecule has 6 heteroatoms. The van der Waals surface area contributed by atoms with Gasteiger partial charge in [-0.2, -0.15) is 0 Å². The fourth-order valence-corrected chi connectivity index (χ4v) is 5.41. The van der Waals surface area contributed by atoms with Gasteiger partial charge in [0.15, 0.2) is 0 Å². The maximum Gasteiger partial charge on any atom is 0.141 e. The lowest BCUT2D eigenvalue weighted by Gasteiger charge is -2.24. The van der Waals surface area contributed by atoms with Gasteiger partial charge in [0.2, 0.25) is 0 Å². The summed E-state index contributed by atoms with van der Waals surface area (Å²) in [6.45, 7) is 3.82. The fourth-order valence-electron chi connectivity index (χ4n) is 4.19. The summed E-state index contributed by atoms with van der Waals surface area (Å²) in [7, 11) is 0. The molecule has 26 heavy (non-hydrogen) atoms. The van der Waals surface area contributed by atoms with Crippen LogP contribution in [0.15, 0.2) is 30.6 Å². The van der Waals surface area contributed by atoms with Gasteiger partial charge in [0.1, 0.15) is 22.8 Å². The molecule has 1 aliphatic heterocycles. The van der Waals surface area contributed by atoms with E-state index in [4.69, 9.17) is 0 Å². The maximum atomic E-state index is 13.2. The number of hydrogen-bond acceptors (Lipinski definition) is 5. The summed E-state index contributed by atoms with van der Waals surface area (Å²) in [6, 6.07) is 6.83. The first-order valence-electron chi connectivity index (χ1n) is 9.30. The van der Waals surface area contributed by atoms with Crippen molar-refractivity contribution in [1.82, 2.24) is 9.97 Å². The van der Waals surface area contributed by atoms with Crippen LogP contribution in [-0.2, 0) is 12.8 Å². The Labute approximate surface area is 156 Å². The van der Waals surface area contributed by atoms with Crippen LogP contribution in [0.1, 0.15) is 23.3 Å². The molecule has 4 nitrogen and oxygen atoms in total. The standard InChI is InChI=1S/C20H21FN4S/c21-14-5-7-15(8-6-14)24-9-2-10-25(12-11-24)19-18-16-3-1-4-17(16)26-20(18)23-13-22-19/h5-8,13H,1-4,9-12H2. The van der Waals surface area contributed by atoms with Crippen LogP contribution >= 0.6 is 11.3 Å². The Balaban J connectivity index is 1.43. The number of aromatic nitrogens is 2. The van der Waals surface area contributed by atoms with Crippen molar-refractivity contribution in [2.75, 3.05) is 36.0 Å². The molecule has 5 rings (SSSR count). The topological polar surface area (TPSA) is 32.3 Å². The van der Waals surface area contributed by atoms with E-state index >= 15 is 0 Å². The third kappa shape index (κ3) is 2.72. The van der Waals surface area contributed by atoms with Crippen molar-refractivity contribution in [3.8, 4) is 0 Å². The summed E-state index contributed by atoms with van der Waals surface area (Å²) in [6.07, 6.45) is 6.38. The van der Waals surface area contributed by atoms with E-state index in [1.54, 1.807) is 18.5 Å². The van der Waals surface area contributed by atoms with Crippen molar-refractivity contribution in [2.45, 2.75) is 25.7 Å². The molecule has 2 aromatic heterocycles. The molecule has 0 saturated carbocycles. The van der Waals surface area contributed by atoms with E-state index < -0.39 is 0 Å². The molecule has 1 saturated heterocycles. The van der Waals surface area contributed by atoms with Crippen molar-refractivity contribution in [2.24, 2.45) is 0 Å². The summed E-state index contributed by atoms with van der Waals surface area (Å²) in [4.78, 5) is 16.6. The minimum Gasteiger partial charge on any atom is -0.370 e. The quantitative estimate of drug-likeness (QED) is 0.683. The molecule has 1 aromatic carbocycles. The minimum atomic E-state index is -0.181. The zero-order chi connectivity index (χ0) is 17.5. The lowest BCUT2D eigenvalue weighted by Crippen LogP contribution is -2.31. The third-order valence-electron chi connectivity index (χ3n) is 5.47. The van der Waals surface area contributed by atoms with E-state index in [-0.39, 0.29) is 5.82 Å². The van der Waals surface area contributed by atoms with Crippen LogP contribution in [0.25, 0.3) is 10.2 Å². The summed E-state index contributed by atoms with van der Waals surface area (Å²) < 4.78 is 13.2. The first-order valence-corrected chi connectivity index (χ1v) is 10.1. The Morgan fingerprint density at radius 2 is 1.69 bits per heavy atom. The van der Waals surface area contributed by atoms with Crippen molar-refractivity contribution in [3.63, 3.8) is 0 Å². The van der Waals surface area contributed by atoms with Gasteiger partial charge >= 0.3 is 0 Å². The molecule has 0 bridgehead atoms. The number of aryl methyl sites for hydroxylation is 2. The van der Waals surface area contributed by atoms with Gasteiger partial charge in [0.05, 0.1) is 5.39 Å². The number of rotatable bonds is 2. The Kier molecular flexibility index (Phi) is 4.00. The average Bonchev–Trinajstić information content (AvgIpc) is 3.15. The van der Waals surface area contributed by atoms with Gasteiger partial charge in [0, 0.05) is 36.7 Å². The van der Waals surface area contributed by atoms with E-state index in [9.17, 15) is 4.39 Å². The van der Waals surface area contributed by atoms with Crippen molar-refractivity contribution >= 4 is 33.1 Å². The van der Waals surface area contributed by atoms with Gasteiger partial charge in [-0.15, -0.1) is 11.3 Å². The largest absolute Gasteiger partial charge is 0.370 e. The molecule has 2 aliphatic rings. The third-order valence-corrected chi connectivity index (χ3v) is 6.67. The zero-order valence-electron chi connectivity index (χ0n) is 14.6. The second kappa shape index (κ2) is 6.50. The highest BCUT2D eigenvalue weighted by Crippen LogP contribution is 2.40. The van der Waals surface area contributed by atoms with Gasteiger partial charge in [-0.3, -0.25) is 0 Å². The number of anilines is 2. The molecular weight excluding hydrogens is 347 g/mol. The van der Waals surface area contributed by atoms with Crippen LogP contribution in [0, 0.1) is 5.82 Å². The van der Waals surface area contributed by atoms with Crippen LogP contribution in [0.5, 0.6) is 0 Å². The summed E-state index contributed by atoms with van der Waals surface area (Å²) in [5.74, 6) is 0.926. The lowest BCUT2D eigenvalue weighted by molar-refractivity contribution is 0.627. The number of halogens is 1. The van der Waals surface area contributed by atoms with Gasteiger partial charge < -0.3 is 9.80 Å². The molecule has 0 atom stereocenters. The first-order chi connectivity index (χ1) is 12.8. The first kappa shape index (κ1) is 16.0. The Bertz CT molecular complexity index is 937. The Hall–Kier alpha value is -2.21. The lowest BCUT2D eigenvalue weighted by atomic mass is 10.2. The van der Waals surface area contributed by atoms with Gasteiger partial charge in [-0.05, 0) is 55.5 Å². The molecule has 3 aromatic rings. The van der Waals surface area contributed by atoms with Crippen LogP contribution in [0.4, 0.5) is 15.9 Å². The predicted molar refractivity (Wildman–Crippen MR) is 105 cm³/mol. The average molecular weight is 368 g/mol. The highest BCUT2D eigenvalue weighted by Gasteiger charge is 2.24. The molecule has 1 fully saturated rings.